The third-order valence-electron chi connectivity index (χ3n) is 3.87. The Kier molecular flexibility index (Phi) is 7.38. The molecule has 0 spiro atoms. The number of ether oxygens (including phenoxy) is 1. The Balaban J connectivity index is 2.49. The van der Waals surface area contributed by atoms with Gasteiger partial charge in [-0.25, -0.2) is 8.42 Å². The highest BCUT2D eigenvalue weighted by Gasteiger charge is 2.30. The number of benzene rings is 2. The molecule has 0 aliphatic heterocycles. The molecular weight excluding hydrogens is 445 g/mol. The van der Waals surface area contributed by atoms with Gasteiger partial charge < -0.3 is 10.1 Å². The maximum Gasteiger partial charge on any atom is 0.405 e. The summed E-state index contributed by atoms with van der Waals surface area (Å²) in [6.07, 6.45) is -3.27. The van der Waals surface area contributed by atoms with Crippen molar-refractivity contribution in [2.75, 3.05) is 24.5 Å². The third-order valence-corrected chi connectivity index (χ3v) is 5.97. The fraction of sp³-hybridized carbons (Fsp3) is 0.211. The number of alkyl halides is 3. The number of anilines is 1. The lowest BCUT2D eigenvalue weighted by Gasteiger charge is -2.25. The van der Waals surface area contributed by atoms with E-state index in [1.165, 1.54) is 19.3 Å². The van der Waals surface area contributed by atoms with Crippen LogP contribution < -0.4 is 14.4 Å². The second-order valence-electron chi connectivity index (χ2n) is 5.94. The lowest BCUT2D eigenvalue weighted by molar-refractivity contribution is -0.123. The fourth-order valence-electron chi connectivity index (χ4n) is 2.52. The lowest BCUT2D eigenvalue weighted by Crippen LogP contribution is -2.34. The molecule has 0 fully saturated rings. The molecule has 0 heterocycles. The molecular formula is C19H18ClF3N2O4S. The molecule has 0 saturated carbocycles. The molecule has 0 aliphatic carbocycles. The molecule has 0 atom stereocenters. The van der Waals surface area contributed by atoms with Crippen LogP contribution >= 0.6 is 11.6 Å². The van der Waals surface area contributed by atoms with E-state index < -0.39 is 34.2 Å². The van der Waals surface area contributed by atoms with Gasteiger partial charge in [-0.1, -0.05) is 29.8 Å². The fourth-order valence-corrected chi connectivity index (χ4v) is 4.20. The predicted molar refractivity (Wildman–Crippen MR) is 108 cm³/mol. The molecule has 1 amide bonds. The first-order valence-electron chi connectivity index (χ1n) is 8.42. The van der Waals surface area contributed by atoms with Crippen molar-refractivity contribution in [1.82, 2.24) is 5.32 Å². The number of hydrogen-bond acceptors (Lipinski definition) is 4. The molecule has 2 rings (SSSR count). The summed E-state index contributed by atoms with van der Waals surface area (Å²) in [6, 6.07) is 9.57. The lowest BCUT2D eigenvalue weighted by atomic mass is 10.2. The summed E-state index contributed by atoms with van der Waals surface area (Å²) < 4.78 is 69.9. The number of halogens is 4. The van der Waals surface area contributed by atoms with Crippen molar-refractivity contribution in [3.63, 3.8) is 0 Å². The average molecular weight is 463 g/mol. The van der Waals surface area contributed by atoms with Gasteiger partial charge in [0.2, 0.25) is 0 Å². The van der Waals surface area contributed by atoms with E-state index in [2.05, 4.69) is 6.58 Å². The molecule has 0 saturated heterocycles. The SMILES string of the molecule is C=CCN(c1ccccc1OC)S(=O)(=O)c1ccc(Cl)c(C(=O)NCC(F)(F)F)c1. The second kappa shape index (κ2) is 9.40. The molecule has 2 aromatic rings. The Morgan fingerprint density at radius 1 is 1.27 bits per heavy atom. The topological polar surface area (TPSA) is 75.7 Å². The monoisotopic (exact) mass is 462 g/mol. The van der Waals surface area contributed by atoms with E-state index in [1.54, 1.807) is 23.5 Å². The van der Waals surface area contributed by atoms with E-state index in [0.717, 1.165) is 22.5 Å². The number of hydrogen-bond donors (Lipinski definition) is 1. The van der Waals surface area contributed by atoms with Gasteiger partial charge >= 0.3 is 6.18 Å². The quantitative estimate of drug-likeness (QED) is 0.601. The number of sulfonamides is 1. The Hall–Kier alpha value is -2.72. The zero-order chi connectivity index (χ0) is 22.5. The van der Waals surface area contributed by atoms with Crippen molar-refractivity contribution in [2.24, 2.45) is 0 Å². The maximum absolute atomic E-state index is 13.3. The van der Waals surface area contributed by atoms with Crippen molar-refractivity contribution < 1.29 is 31.1 Å². The third kappa shape index (κ3) is 5.45. The van der Waals surface area contributed by atoms with Crippen LogP contribution in [0, 0.1) is 0 Å². The highest BCUT2D eigenvalue weighted by molar-refractivity contribution is 7.92. The zero-order valence-corrected chi connectivity index (χ0v) is 17.3. The number of amides is 1. The van der Waals surface area contributed by atoms with Crippen LogP contribution in [0.4, 0.5) is 18.9 Å². The molecule has 1 N–H and O–H groups in total. The molecule has 30 heavy (non-hydrogen) atoms. The van der Waals surface area contributed by atoms with Crippen LogP contribution in [0.2, 0.25) is 5.02 Å². The van der Waals surface area contributed by atoms with Gasteiger partial charge in [0.05, 0.1) is 34.8 Å². The minimum Gasteiger partial charge on any atom is -0.495 e. The summed E-state index contributed by atoms with van der Waals surface area (Å²) in [7, 11) is -2.87. The normalized spacial score (nSPS) is 11.6. The zero-order valence-electron chi connectivity index (χ0n) is 15.7. The first-order valence-corrected chi connectivity index (χ1v) is 10.2. The number of methoxy groups -OCH3 is 1. The smallest absolute Gasteiger partial charge is 0.405 e. The van der Waals surface area contributed by atoms with Gasteiger partial charge in [0, 0.05) is 0 Å². The number of carbonyl (C=O) groups excluding carboxylic acids is 1. The number of nitrogens with zero attached hydrogens (tertiary/aromatic N) is 1. The molecule has 0 aromatic heterocycles. The number of rotatable bonds is 8. The van der Waals surface area contributed by atoms with E-state index in [0.29, 0.717) is 0 Å². The molecule has 0 aliphatic rings. The van der Waals surface area contributed by atoms with Crippen LogP contribution in [0.25, 0.3) is 0 Å². The van der Waals surface area contributed by atoms with E-state index in [9.17, 15) is 26.4 Å². The van der Waals surface area contributed by atoms with Crippen LogP contribution in [0.3, 0.4) is 0 Å². The molecule has 0 bridgehead atoms. The van der Waals surface area contributed by atoms with E-state index >= 15 is 0 Å². The van der Waals surface area contributed by atoms with Crippen LogP contribution in [-0.2, 0) is 10.0 Å². The van der Waals surface area contributed by atoms with Crippen molar-refractivity contribution in [1.29, 1.82) is 0 Å². The molecule has 0 unspecified atom stereocenters. The van der Waals surface area contributed by atoms with Gasteiger partial charge in [0.15, 0.2) is 0 Å². The Morgan fingerprint density at radius 2 is 1.93 bits per heavy atom. The summed E-state index contributed by atoms with van der Waals surface area (Å²) >= 11 is 5.91. The molecule has 162 valence electrons. The van der Waals surface area contributed by atoms with Gasteiger partial charge in [0.1, 0.15) is 12.3 Å². The van der Waals surface area contributed by atoms with Crippen LogP contribution in [0.15, 0.2) is 60.0 Å². The highest BCUT2D eigenvalue weighted by atomic mass is 35.5. The molecule has 2 aromatic carbocycles. The van der Waals surface area contributed by atoms with Crippen LogP contribution in [-0.4, -0.2) is 40.7 Å². The van der Waals surface area contributed by atoms with Crippen molar-refractivity contribution >= 4 is 33.2 Å². The van der Waals surface area contributed by atoms with E-state index in [-0.39, 0.29) is 27.9 Å². The largest absolute Gasteiger partial charge is 0.495 e. The maximum atomic E-state index is 13.3. The van der Waals surface area contributed by atoms with Gasteiger partial charge in [-0.05, 0) is 30.3 Å². The van der Waals surface area contributed by atoms with Gasteiger partial charge in [-0.15, -0.1) is 6.58 Å². The summed E-state index contributed by atoms with van der Waals surface area (Å²) in [5.41, 5.74) is -0.182. The van der Waals surface area contributed by atoms with Crippen molar-refractivity contribution in [3.8, 4) is 5.75 Å². The Bertz CT molecular complexity index is 1040. The van der Waals surface area contributed by atoms with E-state index in [1.807, 2.05) is 0 Å². The van der Waals surface area contributed by atoms with Gasteiger partial charge in [0.25, 0.3) is 15.9 Å². The second-order valence-corrected chi connectivity index (χ2v) is 8.21. The number of carbonyl (C=O) groups is 1. The molecule has 0 radical (unpaired) electrons. The van der Waals surface area contributed by atoms with Crippen LogP contribution in [0.5, 0.6) is 5.75 Å². The minimum atomic E-state index is -4.63. The van der Waals surface area contributed by atoms with Crippen molar-refractivity contribution in [3.05, 3.63) is 65.7 Å². The first-order chi connectivity index (χ1) is 14.0. The summed E-state index contributed by atoms with van der Waals surface area (Å²) in [5, 5.41) is 1.48. The Labute approximate surface area is 176 Å². The number of nitrogens with one attached hydrogen (secondary N) is 1. The predicted octanol–water partition coefficient (Wildman–Crippen LogP) is 4.02. The standard InChI is InChI=1S/C19H18ClF3N2O4S/c1-3-10-25(16-6-4-5-7-17(16)29-2)30(27,28)13-8-9-15(20)14(11-13)18(26)24-12-19(21,22)23/h3-9,11H,1,10,12H2,2H3,(H,24,26). The first kappa shape index (κ1) is 23.6. The Morgan fingerprint density at radius 3 is 2.53 bits per heavy atom. The number of para-hydroxylation sites is 2. The summed E-state index contributed by atoms with van der Waals surface area (Å²) in [4.78, 5) is 11.8. The summed E-state index contributed by atoms with van der Waals surface area (Å²) in [5.74, 6) is -0.873. The summed E-state index contributed by atoms with van der Waals surface area (Å²) in [6.45, 7) is 1.85. The molecule has 6 nitrogen and oxygen atoms in total. The molecule has 11 heteroatoms. The van der Waals surface area contributed by atoms with E-state index in [4.69, 9.17) is 16.3 Å². The van der Waals surface area contributed by atoms with Gasteiger partial charge in [-0.3, -0.25) is 9.10 Å². The highest BCUT2D eigenvalue weighted by Crippen LogP contribution is 2.33. The van der Waals surface area contributed by atoms with Crippen molar-refractivity contribution in [2.45, 2.75) is 11.1 Å². The average Bonchev–Trinajstić information content (AvgIpc) is 2.69. The van der Waals surface area contributed by atoms with Crippen LogP contribution in [0.1, 0.15) is 10.4 Å². The minimum absolute atomic E-state index is 0.124. The van der Waals surface area contributed by atoms with Gasteiger partial charge in [-0.2, -0.15) is 13.2 Å².